The van der Waals surface area contributed by atoms with Crippen LogP contribution in [0.5, 0.6) is 0 Å². The van der Waals surface area contributed by atoms with Crippen molar-refractivity contribution in [2.24, 2.45) is 12.8 Å². The van der Waals surface area contributed by atoms with Crippen LogP contribution in [0.4, 0.5) is 17.6 Å². The third-order valence-corrected chi connectivity index (χ3v) is 4.32. The zero-order valence-corrected chi connectivity index (χ0v) is 14.6. The normalized spacial score (nSPS) is 11.2. The Morgan fingerprint density at radius 2 is 1.67 bits per heavy atom. The largest absolute Gasteiger partial charge is 0.365 e. The first-order valence-electron chi connectivity index (χ1n) is 7.61. The average Bonchev–Trinajstić information content (AvgIpc) is 2.93. The van der Waals surface area contributed by atoms with Crippen molar-refractivity contribution in [1.29, 1.82) is 0 Å². The third-order valence-electron chi connectivity index (χ3n) is 4.00. The number of nitrogens with zero attached hydrogens (tertiary/aromatic N) is 2. The smallest absolute Gasteiger partial charge is 0.280 e. The number of aromatic nitrogens is 2. The Morgan fingerprint density at radius 3 is 2.22 bits per heavy atom. The number of benzene rings is 2. The lowest BCUT2D eigenvalue weighted by Crippen LogP contribution is -2.15. The number of hydrogen-bond donors (Lipinski definition) is 1. The van der Waals surface area contributed by atoms with Crippen LogP contribution in [-0.2, 0) is 7.05 Å². The first-order valence-corrected chi connectivity index (χ1v) is 7.98. The van der Waals surface area contributed by atoms with Gasteiger partial charge in [-0.1, -0.05) is 17.7 Å². The Labute approximate surface area is 156 Å². The highest BCUT2D eigenvalue weighted by molar-refractivity contribution is 6.33. The second-order valence-electron chi connectivity index (χ2n) is 5.71. The van der Waals surface area contributed by atoms with Gasteiger partial charge in [-0.2, -0.15) is 5.10 Å². The number of aryl methyl sites for hydroxylation is 1. The highest BCUT2D eigenvalue weighted by Gasteiger charge is 2.29. The van der Waals surface area contributed by atoms with E-state index in [1.165, 1.54) is 19.2 Å². The predicted molar refractivity (Wildman–Crippen MR) is 92.5 cm³/mol. The highest BCUT2D eigenvalue weighted by Crippen LogP contribution is 2.39. The molecule has 0 unspecified atom stereocenters. The minimum atomic E-state index is -3.02. The molecule has 0 spiro atoms. The van der Waals surface area contributed by atoms with E-state index in [1.807, 2.05) is 0 Å². The zero-order chi connectivity index (χ0) is 19.9. The van der Waals surface area contributed by atoms with Crippen molar-refractivity contribution in [2.45, 2.75) is 6.43 Å². The zero-order valence-electron chi connectivity index (χ0n) is 13.8. The SMILES string of the molecule is Cn1nc(-c2cc(F)ccc2-c2ccc(F)cc2Cl)c(C(N)=O)c1C(F)F. The van der Waals surface area contributed by atoms with Crippen molar-refractivity contribution in [3.63, 3.8) is 0 Å². The van der Waals surface area contributed by atoms with Crippen molar-refractivity contribution in [2.75, 3.05) is 0 Å². The maximum atomic E-state index is 13.9. The number of hydrogen-bond acceptors (Lipinski definition) is 2. The summed E-state index contributed by atoms with van der Waals surface area (Å²) in [5.74, 6) is -2.40. The van der Waals surface area contributed by atoms with Gasteiger partial charge in [0.25, 0.3) is 12.3 Å². The molecule has 2 N–H and O–H groups in total. The summed E-state index contributed by atoms with van der Waals surface area (Å²) in [6, 6.07) is 7.05. The van der Waals surface area contributed by atoms with Gasteiger partial charge in [-0.25, -0.2) is 17.6 Å². The van der Waals surface area contributed by atoms with Crippen LogP contribution in [0.25, 0.3) is 22.4 Å². The fourth-order valence-electron chi connectivity index (χ4n) is 2.87. The van der Waals surface area contributed by atoms with Crippen molar-refractivity contribution in [1.82, 2.24) is 9.78 Å². The Kier molecular flexibility index (Phi) is 4.93. The molecule has 1 amide bonds. The van der Waals surface area contributed by atoms with E-state index in [0.717, 1.165) is 28.9 Å². The summed E-state index contributed by atoms with van der Waals surface area (Å²) >= 11 is 6.08. The molecule has 4 nitrogen and oxygen atoms in total. The van der Waals surface area contributed by atoms with Crippen LogP contribution in [0, 0.1) is 11.6 Å². The highest BCUT2D eigenvalue weighted by atomic mass is 35.5. The van der Waals surface area contributed by atoms with Gasteiger partial charge in [-0.3, -0.25) is 9.48 Å². The fourth-order valence-corrected chi connectivity index (χ4v) is 3.14. The molecule has 9 heteroatoms. The lowest BCUT2D eigenvalue weighted by atomic mass is 9.95. The van der Waals surface area contributed by atoms with Gasteiger partial charge in [0, 0.05) is 18.2 Å². The van der Waals surface area contributed by atoms with Crippen LogP contribution >= 0.6 is 11.6 Å². The summed E-state index contributed by atoms with van der Waals surface area (Å²) in [6.45, 7) is 0. The van der Waals surface area contributed by atoms with E-state index in [9.17, 15) is 22.4 Å². The van der Waals surface area contributed by atoms with Gasteiger partial charge in [-0.15, -0.1) is 0 Å². The Bertz CT molecular complexity index is 1050. The molecule has 1 aromatic heterocycles. The number of rotatable bonds is 4. The molecular formula is C18H12ClF4N3O. The second-order valence-corrected chi connectivity index (χ2v) is 6.12. The number of alkyl halides is 2. The number of nitrogens with two attached hydrogens (primary N) is 1. The summed E-state index contributed by atoms with van der Waals surface area (Å²) < 4.78 is 54.9. The monoisotopic (exact) mass is 397 g/mol. The lowest BCUT2D eigenvalue weighted by molar-refractivity contribution is 0.0982. The Morgan fingerprint density at radius 1 is 1.07 bits per heavy atom. The minimum Gasteiger partial charge on any atom is -0.365 e. The average molecular weight is 398 g/mol. The minimum absolute atomic E-state index is 0.0218. The van der Waals surface area contributed by atoms with Gasteiger partial charge in [0.1, 0.15) is 23.0 Å². The van der Waals surface area contributed by atoms with Gasteiger partial charge in [0.05, 0.1) is 10.6 Å². The van der Waals surface area contributed by atoms with Crippen molar-refractivity contribution < 1.29 is 22.4 Å². The second kappa shape index (κ2) is 7.03. The van der Waals surface area contributed by atoms with E-state index in [2.05, 4.69) is 5.10 Å². The van der Waals surface area contributed by atoms with Crippen LogP contribution in [0.1, 0.15) is 22.5 Å². The molecule has 1 heterocycles. The van der Waals surface area contributed by atoms with E-state index in [-0.39, 0.29) is 21.8 Å². The van der Waals surface area contributed by atoms with Crippen molar-refractivity contribution in [3.05, 3.63) is 64.3 Å². The summed E-state index contributed by atoms with van der Waals surface area (Å²) in [5.41, 5.74) is 4.49. The molecule has 0 aliphatic carbocycles. The quantitative estimate of drug-likeness (QED) is 0.647. The number of primary amides is 1. The molecule has 0 saturated carbocycles. The summed E-state index contributed by atoms with van der Waals surface area (Å²) in [7, 11) is 1.22. The molecule has 140 valence electrons. The van der Waals surface area contributed by atoms with E-state index >= 15 is 0 Å². The van der Waals surface area contributed by atoms with Crippen LogP contribution in [0.3, 0.4) is 0 Å². The first-order chi connectivity index (χ1) is 12.7. The number of carbonyl (C=O) groups excluding carboxylic acids is 1. The van der Waals surface area contributed by atoms with E-state index in [1.54, 1.807) is 0 Å². The maximum Gasteiger partial charge on any atom is 0.280 e. The molecule has 0 fully saturated rings. The van der Waals surface area contributed by atoms with E-state index in [0.29, 0.717) is 5.56 Å². The summed E-state index contributed by atoms with van der Waals surface area (Å²) in [6.07, 6.45) is -3.02. The van der Waals surface area contributed by atoms with Gasteiger partial charge in [-0.05, 0) is 35.9 Å². The van der Waals surface area contributed by atoms with Crippen LogP contribution < -0.4 is 5.73 Å². The summed E-state index contributed by atoms with van der Waals surface area (Å²) in [5, 5.41) is 3.97. The molecule has 0 aliphatic heterocycles. The molecular weight excluding hydrogens is 386 g/mol. The van der Waals surface area contributed by atoms with E-state index in [4.69, 9.17) is 17.3 Å². The topological polar surface area (TPSA) is 60.9 Å². The molecule has 0 radical (unpaired) electrons. The first kappa shape index (κ1) is 18.9. The summed E-state index contributed by atoms with van der Waals surface area (Å²) in [4.78, 5) is 11.8. The molecule has 2 aromatic carbocycles. The van der Waals surface area contributed by atoms with Crippen LogP contribution in [0.2, 0.25) is 5.02 Å². The predicted octanol–water partition coefficient (Wildman–Crippen LogP) is 4.72. The molecule has 0 saturated heterocycles. The van der Waals surface area contributed by atoms with Crippen LogP contribution in [-0.4, -0.2) is 15.7 Å². The molecule has 3 rings (SSSR count). The molecule has 27 heavy (non-hydrogen) atoms. The Balaban J connectivity index is 2.35. The molecule has 0 aliphatic rings. The fraction of sp³-hybridized carbons (Fsp3) is 0.111. The number of carbonyl (C=O) groups is 1. The van der Waals surface area contributed by atoms with Gasteiger partial charge in [0.2, 0.25) is 0 Å². The molecule has 0 bridgehead atoms. The number of halogens is 5. The number of amides is 1. The van der Waals surface area contributed by atoms with Crippen molar-refractivity contribution >= 4 is 17.5 Å². The maximum absolute atomic E-state index is 13.9. The third kappa shape index (κ3) is 3.40. The van der Waals surface area contributed by atoms with E-state index < -0.39 is 35.2 Å². The molecule has 0 atom stereocenters. The van der Waals surface area contributed by atoms with Gasteiger partial charge >= 0.3 is 0 Å². The molecule has 3 aromatic rings. The van der Waals surface area contributed by atoms with Gasteiger partial charge < -0.3 is 5.73 Å². The van der Waals surface area contributed by atoms with Gasteiger partial charge in [0.15, 0.2) is 0 Å². The Hall–Kier alpha value is -2.87. The van der Waals surface area contributed by atoms with Crippen molar-refractivity contribution in [3.8, 4) is 22.4 Å². The lowest BCUT2D eigenvalue weighted by Gasteiger charge is -2.11. The van der Waals surface area contributed by atoms with Crippen LogP contribution in [0.15, 0.2) is 36.4 Å². The standard InChI is InChI=1S/C18H12ClF4N3O/c1-26-16(17(22)23)14(18(24)27)15(25-26)12-6-8(20)2-4-10(12)11-5-3-9(21)7-13(11)19/h2-7,17H,1H3,(H2,24,27).